The van der Waals surface area contributed by atoms with Crippen molar-refractivity contribution in [2.45, 2.75) is 296 Å². The van der Waals surface area contributed by atoms with Crippen LogP contribution in [-0.4, -0.2) is 96.7 Å². The van der Waals surface area contributed by atoms with Crippen LogP contribution in [-0.2, 0) is 65.4 Å². The van der Waals surface area contributed by atoms with Gasteiger partial charge in [-0.3, -0.25) is 37.3 Å². The molecule has 0 radical (unpaired) electrons. The van der Waals surface area contributed by atoms with Crippen LogP contribution in [0, 0.1) is 0 Å². The second-order valence-electron chi connectivity index (χ2n) is 20.3. The Bertz CT molecular complexity index is 1470. The zero-order valence-corrected chi connectivity index (χ0v) is 49.3. The molecule has 0 heterocycles. The first-order chi connectivity index (χ1) is 36.2. The Kier molecular flexibility index (Phi) is 50.2. The number of hydrogen-bond acceptors (Lipinski definition) is 15. The molecule has 0 aliphatic heterocycles. The standard InChI is InChI=1S/C56H108O17P2/c1-5-9-13-17-21-22-23-24-25-26-27-31-35-39-43-56(61)73-52(47-67-54(59)41-37-33-29-19-15-11-7-3)49-71-75(64,65)69-45-50(57)44-68-74(62,63)70-48-51(72-55(60)42-38-34-30-20-16-12-8-4)46-66-53(58)40-36-32-28-18-14-10-6-2/h50-52,57H,5-49H2,1-4H3,(H,62,63)(H,64,65)/t50-,51+,52+/m0/s1. The predicted molar refractivity (Wildman–Crippen MR) is 294 cm³/mol. The van der Waals surface area contributed by atoms with Gasteiger partial charge in [0.25, 0.3) is 0 Å². The Morgan fingerprint density at radius 1 is 0.320 bits per heavy atom. The van der Waals surface area contributed by atoms with Gasteiger partial charge in [0.05, 0.1) is 26.4 Å². The fourth-order valence-electron chi connectivity index (χ4n) is 8.22. The molecule has 5 atom stereocenters. The smallest absolute Gasteiger partial charge is 0.462 e. The second kappa shape index (κ2) is 51.5. The van der Waals surface area contributed by atoms with Crippen molar-refractivity contribution in [2.24, 2.45) is 0 Å². The van der Waals surface area contributed by atoms with Gasteiger partial charge in [0, 0.05) is 25.7 Å². The molecule has 2 unspecified atom stereocenters. The summed E-state index contributed by atoms with van der Waals surface area (Å²) in [6.45, 7) is 4.71. The summed E-state index contributed by atoms with van der Waals surface area (Å²) in [5.41, 5.74) is 0. The summed E-state index contributed by atoms with van der Waals surface area (Å²) in [5, 5.41) is 10.5. The first-order valence-corrected chi connectivity index (χ1v) is 32.8. The largest absolute Gasteiger partial charge is 0.472 e. The molecule has 75 heavy (non-hydrogen) atoms. The summed E-state index contributed by atoms with van der Waals surface area (Å²) in [6, 6.07) is 0. The third-order valence-corrected chi connectivity index (χ3v) is 14.8. The number of carbonyl (C=O) groups excluding carboxylic acids is 4. The van der Waals surface area contributed by atoms with Crippen LogP contribution in [0.2, 0.25) is 0 Å². The molecule has 0 aromatic carbocycles. The Morgan fingerprint density at radius 2 is 0.533 bits per heavy atom. The van der Waals surface area contributed by atoms with Crippen molar-refractivity contribution in [3.8, 4) is 0 Å². The summed E-state index contributed by atoms with van der Waals surface area (Å²) in [7, 11) is -9.85. The Balaban J connectivity index is 5.14. The zero-order valence-electron chi connectivity index (χ0n) is 47.5. The van der Waals surface area contributed by atoms with Crippen LogP contribution in [0.25, 0.3) is 0 Å². The fraction of sp³-hybridized carbons (Fsp3) is 0.929. The maximum atomic E-state index is 12.9. The van der Waals surface area contributed by atoms with Crippen molar-refractivity contribution in [3.05, 3.63) is 0 Å². The minimum atomic E-state index is -4.93. The number of phosphoric acid groups is 2. The highest BCUT2D eigenvalue weighted by Gasteiger charge is 2.30. The molecule has 0 rings (SSSR count). The van der Waals surface area contributed by atoms with E-state index in [1.165, 1.54) is 70.6 Å². The minimum absolute atomic E-state index is 0.104. The van der Waals surface area contributed by atoms with Gasteiger partial charge < -0.3 is 33.8 Å². The average Bonchev–Trinajstić information content (AvgIpc) is 3.38. The molecule has 0 amide bonds. The van der Waals surface area contributed by atoms with Gasteiger partial charge in [0.1, 0.15) is 19.3 Å². The van der Waals surface area contributed by atoms with Gasteiger partial charge in [-0.25, -0.2) is 9.13 Å². The molecule has 0 aliphatic carbocycles. The molecular weight excluding hydrogens is 1010 g/mol. The fourth-order valence-corrected chi connectivity index (χ4v) is 9.80. The number of hydrogen-bond donors (Lipinski definition) is 3. The van der Waals surface area contributed by atoms with Crippen LogP contribution in [0.5, 0.6) is 0 Å². The van der Waals surface area contributed by atoms with E-state index in [4.69, 9.17) is 37.0 Å². The van der Waals surface area contributed by atoms with Crippen LogP contribution < -0.4 is 0 Å². The van der Waals surface area contributed by atoms with Crippen molar-refractivity contribution in [1.82, 2.24) is 0 Å². The van der Waals surface area contributed by atoms with E-state index in [1.807, 2.05) is 0 Å². The van der Waals surface area contributed by atoms with E-state index in [-0.39, 0.29) is 25.7 Å². The number of ether oxygens (including phenoxy) is 4. The summed E-state index contributed by atoms with van der Waals surface area (Å²) in [4.78, 5) is 71.5. The van der Waals surface area contributed by atoms with E-state index in [2.05, 4.69) is 27.7 Å². The summed E-state index contributed by atoms with van der Waals surface area (Å²) < 4.78 is 67.4. The zero-order chi connectivity index (χ0) is 55.5. The van der Waals surface area contributed by atoms with Crippen LogP contribution in [0.15, 0.2) is 0 Å². The van der Waals surface area contributed by atoms with Crippen molar-refractivity contribution in [1.29, 1.82) is 0 Å². The molecule has 0 fully saturated rings. The molecule has 17 nitrogen and oxygen atoms in total. The highest BCUT2D eigenvalue weighted by molar-refractivity contribution is 7.47. The van der Waals surface area contributed by atoms with E-state index in [0.29, 0.717) is 25.7 Å². The second-order valence-corrected chi connectivity index (χ2v) is 23.2. The van der Waals surface area contributed by atoms with Crippen molar-refractivity contribution in [3.63, 3.8) is 0 Å². The van der Waals surface area contributed by atoms with Crippen molar-refractivity contribution < 1.29 is 80.2 Å². The summed E-state index contributed by atoms with van der Waals surface area (Å²) in [6.07, 6.45) is 33.8. The van der Waals surface area contributed by atoms with E-state index >= 15 is 0 Å². The number of unbranched alkanes of at least 4 members (excludes halogenated alkanes) is 31. The van der Waals surface area contributed by atoms with Crippen LogP contribution >= 0.6 is 15.6 Å². The van der Waals surface area contributed by atoms with Gasteiger partial charge in [-0.2, -0.15) is 0 Å². The molecule has 0 spiro atoms. The molecular formula is C56H108O17P2. The maximum Gasteiger partial charge on any atom is 0.472 e. The van der Waals surface area contributed by atoms with Crippen molar-refractivity contribution >= 4 is 39.5 Å². The molecule has 444 valence electrons. The predicted octanol–water partition coefficient (Wildman–Crippen LogP) is 14.8. The highest BCUT2D eigenvalue weighted by Crippen LogP contribution is 2.45. The minimum Gasteiger partial charge on any atom is -0.462 e. The maximum absolute atomic E-state index is 12.9. The lowest BCUT2D eigenvalue weighted by Gasteiger charge is -2.21. The third-order valence-electron chi connectivity index (χ3n) is 12.9. The molecule has 0 aromatic heterocycles. The van der Waals surface area contributed by atoms with Gasteiger partial charge in [-0.15, -0.1) is 0 Å². The van der Waals surface area contributed by atoms with Crippen LogP contribution in [0.3, 0.4) is 0 Å². The van der Waals surface area contributed by atoms with Gasteiger partial charge in [0.15, 0.2) is 12.2 Å². The Morgan fingerprint density at radius 3 is 0.787 bits per heavy atom. The first-order valence-electron chi connectivity index (χ1n) is 29.8. The van der Waals surface area contributed by atoms with Crippen molar-refractivity contribution in [2.75, 3.05) is 39.6 Å². The summed E-state index contributed by atoms with van der Waals surface area (Å²) in [5.74, 6) is -2.16. The van der Waals surface area contributed by atoms with Gasteiger partial charge in [-0.1, -0.05) is 227 Å². The number of phosphoric ester groups is 2. The lowest BCUT2D eigenvalue weighted by atomic mass is 10.0. The molecule has 0 aromatic rings. The summed E-state index contributed by atoms with van der Waals surface area (Å²) >= 11 is 0. The lowest BCUT2D eigenvalue weighted by Crippen LogP contribution is -2.30. The normalized spacial score (nSPS) is 14.4. The van der Waals surface area contributed by atoms with E-state index in [1.54, 1.807) is 0 Å². The number of esters is 4. The number of aliphatic hydroxyl groups is 1. The molecule has 0 saturated heterocycles. The lowest BCUT2D eigenvalue weighted by molar-refractivity contribution is -0.161. The van der Waals surface area contributed by atoms with Gasteiger partial charge >= 0.3 is 39.5 Å². The first kappa shape index (κ1) is 73.1. The SMILES string of the molecule is CCCCCCCCCCCCCCCCC(=O)O[C@H](COC(=O)CCCCCCCCC)COP(=O)(O)OC[C@@H](O)COP(=O)(O)OC[C@@H](COC(=O)CCCCCCCCC)OC(=O)CCCCCCCCC. The molecule has 3 N–H and O–H groups in total. The quantitative estimate of drug-likeness (QED) is 0.0222. The highest BCUT2D eigenvalue weighted by atomic mass is 31.2. The Labute approximate surface area is 454 Å². The van der Waals surface area contributed by atoms with E-state index in [9.17, 15) is 43.2 Å². The average molecular weight is 1120 g/mol. The van der Waals surface area contributed by atoms with Gasteiger partial charge in [0.2, 0.25) is 0 Å². The van der Waals surface area contributed by atoms with Crippen LogP contribution in [0.4, 0.5) is 0 Å². The Hall–Kier alpha value is -1.94. The number of carbonyl (C=O) groups is 4. The number of aliphatic hydroxyl groups excluding tert-OH is 1. The van der Waals surface area contributed by atoms with E-state index in [0.717, 1.165) is 128 Å². The molecule has 0 aliphatic rings. The molecule has 19 heteroatoms. The molecule has 0 bridgehead atoms. The number of rotatable bonds is 57. The third kappa shape index (κ3) is 51.3. The molecule has 0 saturated carbocycles. The topological polar surface area (TPSA) is 237 Å². The monoisotopic (exact) mass is 1110 g/mol. The van der Waals surface area contributed by atoms with Crippen LogP contribution in [0.1, 0.15) is 278 Å². The van der Waals surface area contributed by atoms with E-state index < -0.39 is 97.5 Å². The van der Waals surface area contributed by atoms with Gasteiger partial charge in [-0.05, 0) is 25.7 Å².